The number of hydrogen-bond donors (Lipinski definition) is 3. The van der Waals surface area contributed by atoms with Crippen LogP contribution in [0.5, 0.6) is 0 Å². The monoisotopic (exact) mass is 356 g/mol. The van der Waals surface area contributed by atoms with Crippen molar-refractivity contribution in [3.8, 4) is 0 Å². The molecule has 0 aromatic heterocycles. The SMILES string of the molecule is CC(C)(C)OC(=O)Nc1ccc(NC(=O)c2ccc(C(=O)O)cc2)cc1. The number of anilines is 2. The van der Waals surface area contributed by atoms with Crippen molar-refractivity contribution in [3.05, 3.63) is 59.7 Å². The zero-order valence-corrected chi connectivity index (χ0v) is 14.7. The maximum Gasteiger partial charge on any atom is 0.412 e. The van der Waals surface area contributed by atoms with Crippen LogP contribution in [0.2, 0.25) is 0 Å². The van der Waals surface area contributed by atoms with Gasteiger partial charge in [-0.05, 0) is 69.3 Å². The summed E-state index contributed by atoms with van der Waals surface area (Å²) >= 11 is 0. The lowest BCUT2D eigenvalue weighted by Gasteiger charge is -2.19. The van der Waals surface area contributed by atoms with E-state index in [2.05, 4.69) is 10.6 Å². The second-order valence-electron chi connectivity index (χ2n) is 6.54. The third-order valence-electron chi connectivity index (χ3n) is 3.18. The molecule has 0 unspecified atom stereocenters. The van der Waals surface area contributed by atoms with Gasteiger partial charge in [0.1, 0.15) is 5.60 Å². The molecule has 3 N–H and O–H groups in total. The number of ether oxygens (including phenoxy) is 1. The van der Waals surface area contributed by atoms with Crippen LogP contribution in [0.15, 0.2) is 48.5 Å². The van der Waals surface area contributed by atoms with Crippen molar-refractivity contribution in [2.75, 3.05) is 10.6 Å². The smallest absolute Gasteiger partial charge is 0.412 e. The van der Waals surface area contributed by atoms with Crippen LogP contribution in [-0.2, 0) is 4.74 Å². The summed E-state index contributed by atoms with van der Waals surface area (Å²) in [7, 11) is 0. The molecule has 2 aromatic carbocycles. The molecular formula is C19H20N2O5. The van der Waals surface area contributed by atoms with E-state index in [1.54, 1.807) is 45.0 Å². The number of carboxylic acids is 1. The number of hydrogen-bond acceptors (Lipinski definition) is 4. The van der Waals surface area contributed by atoms with Crippen LogP contribution in [0.3, 0.4) is 0 Å². The quantitative estimate of drug-likeness (QED) is 0.768. The van der Waals surface area contributed by atoms with E-state index in [0.29, 0.717) is 16.9 Å². The van der Waals surface area contributed by atoms with E-state index >= 15 is 0 Å². The predicted molar refractivity (Wildman–Crippen MR) is 97.7 cm³/mol. The Labute approximate surface area is 151 Å². The van der Waals surface area contributed by atoms with Crippen LogP contribution >= 0.6 is 0 Å². The summed E-state index contributed by atoms with van der Waals surface area (Å²) in [5.74, 6) is -1.42. The average molecular weight is 356 g/mol. The van der Waals surface area contributed by atoms with Gasteiger partial charge in [0.25, 0.3) is 5.91 Å². The average Bonchev–Trinajstić information content (AvgIpc) is 2.55. The van der Waals surface area contributed by atoms with E-state index in [4.69, 9.17) is 9.84 Å². The highest BCUT2D eigenvalue weighted by atomic mass is 16.6. The first-order chi connectivity index (χ1) is 12.1. The second-order valence-corrected chi connectivity index (χ2v) is 6.54. The molecule has 0 saturated heterocycles. The van der Waals surface area contributed by atoms with Gasteiger partial charge in [0.2, 0.25) is 0 Å². The third kappa shape index (κ3) is 5.62. The van der Waals surface area contributed by atoms with Gasteiger partial charge in [-0.25, -0.2) is 9.59 Å². The van der Waals surface area contributed by atoms with Crippen LogP contribution in [-0.4, -0.2) is 28.7 Å². The molecule has 136 valence electrons. The number of carbonyl (C=O) groups is 3. The molecule has 0 spiro atoms. The number of amides is 2. The summed E-state index contributed by atoms with van der Waals surface area (Å²) in [6.07, 6.45) is -0.562. The molecule has 0 atom stereocenters. The van der Waals surface area contributed by atoms with Gasteiger partial charge in [-0.15, -0.1) is 0 Å². The molecule has 7 nitrogen and oxygen atoms in total. The highest BCUT2D eigenvalue weighted by molar-refractivity contribution is 6.04. The third-order valence-corrected chi connectivity index (χ3v) is 3.18. The van der Waals surface area contributed by atoms with Gasteiger partial charge in [0.05, 0.1) is 5.56 Å². The molecular weight excluding hydrogens is 336 g/mol. The fourth-order valence-electron chi connectivity index (χ4n) is 2.03. The van der Waals surface area contributed by atoms with E-state index in [-0.39, 0.29) is 11.5 Å². The summed E-state index contributed by atoms with van der Waals surface area (Å²) in [5, 5.41) is 14.2. The minimum atomic E-state index is -1.05. The van der Waals surface area contributed by atoms with Crippen molar-refractivity contribution in [3.63, 3.8) is 0 Å². The summed E-state index contributed by atoms with van der Waals surface area (Å²) in [5.41, 5.74) is 0.925. The van der Waals surface area contributed by atoms with Crippen molar-refractivity contribution >= 4 is 29.3 Å². The van der Waals surface area contributed by atoms with E-state index in [1.165, 1.54) is 24.3 Å². The number of benzene rings is 2. The first kappa shape index (κ1) is 19.0. The van der Waals surface area contributed by atoms with Gasteiger partial charge >= 0.3 is 12.1 Å². The molecule has 2 amide bonds. The van der Waals surface area contributed by atoms with E-state index < -0.39 is 17.7 Å². The highest BCUT2D eigenvalue weighted by Gasteiger charge is 2.16. The molecule has 0 aliphatic heterocycles. The van der Waals surface area contributed by atoms with Crippen LogP contribution in [0.4, 0.5) is 16.2 Å². The zero-order chi connectivity index (χ0) is 19.3. The fourth-order valence-corrected chi connectivity index (χ4v) is 2.03. The Balaban J connectivity index is 1.97. The molecule has 26 heavy (non-hydrogen) atoms. The van der Waals surface area contributed by atoms with Crippen molar-refractivity contribution in [2.45, 2.75) is 26.4 Å². The predicted octanol–water partition coefficient (Wildman–Crippen LogP) is 3.98. The molecule has 7 heteroatoms. The maximum absolute atomic E-state index is 12.2. The molecule has 0 aliphatic rings. The lowest BCUT2D eigenvalue weighted by Crippen LogP contribution is -2.27. The second kappa shape index (κ2) is 7.69. The minimum Gasteiger partial charge on any atom is -0.478 e. The fraction of sp³-hybridized carbons (Fsp3) is 0.211. The standard InChI is InChI=1S/C19H20N2O5/c1-19(2,3)26-18(25)21-15-10-8-14(9-11-15)20-16(22)12-4-6-13(7-5-12)17(23)24/h4-11H,1-3H3,(H,20,22)(H,21,25)(H,23,24). The van der Waals surface area contributed by atoms with Gasteiger partial charge < -0.3 is 15.2 Å². The Morgan fingerprint density at radius 1 is 0.808 bits per heavy atom. The molecule has 0 fully saturated rings. The summed E-state index contributed by atoms with van der Waals surface area (Å²) < 4.78 is 5.16. The Morgan fingerprint density at radius 2 is 1.27 bits per heavy atom. The summed E-state index contributed by atoms with van der Waals surface area (Å²) in [6, 6.07) is 12.1. The Kier molecular flexibility index (Phi) is 5.61. The first-order valence-corrected chi connectivity index (χ1v) is 7.89. The van der Waals surface area contributed by atoms with Crippen molar-refractivity contribution in [1.29, 1.82) is 0 Å². The largest absolute Gasteiger partial charge is 0.478 e. The van der Waals surface area contributed by atoms with Gasteiger partial charge in [-0.3, -0.25) is 10.1 Å². The van der Waals surface area contributed by atoms with Crippen LogP contribution < -0.4 is 10.6 Å². The van der Waals surface area contributed by atoms with Crippen molar-refractivity contribution < 1.29 is 24.2 Å². The Hall–Kier alpha value is -3.35. The summed E-state index contributed by atoms with van der Waals surface area (Å²) in [4.78, 5) is 34.7. The highest BCUT2D eigenvalue weighted by Crippen LogP contribution is 2.16. The topological polar surface area (TPSA) is 105 Å². The zero-order valence-electron chi connectivity index (χ0n) is 14.7. The Morgan fingerprint density at radius 3 is 1.73 bits per heavy atom. The van der Waals surface area contributed by atoms with Crippen LogP contribution in [0.1, 0.15) is 41.5 Å². The normalized spacial score (nSPS) is 10.7. The molecule has 2 aromatic rings. The van der Waals surface area contributed by atoms with Crippen molar-refractivity contribution in [2.24, 2.45) is 0 Å². The first-order valence-electron chi connectivity index (χ1n) is 7.89. The molecule has 0 aliphatic carbocycles. The van der Waals surface area contributed by atoms with E-state index in [0.717, 1.165) is 0 Å². The molecule has 0 bridgehead atoms. The summed E-state index contributed by atoms with van der Waals surface area (Å²) in [6.45, 7) is 5.32. The number of carbonyl (C=O) groups excluding carboxylic acids is 2. The number of rotatable bonds is 4. The molecule has 0 radical (unpaired) electrons. The van der Waals surface area contributed by atoms with Crippen LogP contribution in [0.25, 0.3) is 0 Å². The molecule has 0 saturated carbocycles. The maximum atomic E-state index is 12.2. The van der Waals surface area contributed by atoms with Gasteiger partial charge in [-0.2, -0.15) is 0 Å². The lowest BCUT2D eigenvalue weighted by molar-refractivity contribution is 0.0634. The number of carboxylic acid groups (broad SMARTS) is 1. The van der Waals surface area contributed by atoms with E-state index in [1.807, 2.05) is 0 Å². The lowest BCUT2D eigenvalue weighted by atomic mass is 10.1. The van der Waals surface area contributed by atoms with E-state index in [9.17, 15) is 14.4 Å². The van der Waals surface area contributed by atoms with Gasteiger partial charge in [0, 0.05) is 16.9 Å². The van der Waals surface area contributed by atoms with Gasteiger partial charge in [-0.1, -0.05) is 0 Å². The van der Waals surface area contributed by atoms with Gasteiger partial charge in [0.15, 0.2) is 0 Å². The molecule has 0 heterocycles. The number of nitrogens with one attached hydrogen (secondary N) is 2. The van der Waals surface area contributed by atoms with Crippen molar-refractivity contribution in [1.82, 2.24) is 0 Å². The Bertz CT molecular complexity index is 805. The van der Waals surface area contributed by atoms with Crippen LogP contribution in [0, 0.1) is 0 Å². The molecule has 2 rings (SSSR count). The minimum absolute atomic E-state index is 0.110. The number of aromatic carboxylic acids is 1.